The summed E-state index contributed by atoms with van der Waals surface area (Å²) in [5.74, 6) is -0.190. The number of likely N-dealkylation sites (tertiary alicyclic amines) is 2. The second-order valence-electron chi connectivity index (χ2n) is 6.24. The molecule has 2 aliphatic heterocycles. The minimum absolute atomic E-state index is 0.0724. The van der Waals surface area contributed by atoms with E-state index in [0.29, 0.717) is 13.0 Å². The molecule has 0 saturated carbocycles. The van der Waals surface area contributed by atoms with E-state index in [1.807, 2.05) is 4.90 Å². The van der Waals surface area contributed by atoms with Gasteiger partial charge in [-0.3, -0.25) is 4.79 Å². The highest BCUT2D eigenvalue weighted by molar-refractivity contribution is 8.13. The molecule has 0 spiro atoms. The van der Waals surface area contributed by atoms with Gasteiger partial charge in [0, 0.05) is 69.0 Å². The van der Waals surface area contributed by atoms with Crippen LogP contribution >= 0.6 is 10.7 Å². The number of methoxy groups -OCH3 is 1. The Morgan fingerprint density at radius 3 is 2.59 bits per heavy atom. The van der Waals surface area contributed by atoms with E-state index in [-0.39, 0.29) is 23.6 Å². The molecule has 8 heteroatoms. The van der Waals surface area contributed by atoms with Crippen LogP contribution in [-0.2, 0) is 18.6 Å². The fourth-order valence-electron chi connectivity index (χ4n) is 3.44. The van der Waals surface area contributed by atoms with Crippen molar-refractivity contribution in [2.45, 2.75) is 31.7 Å². The summed E-state index contributed by atoms with van der Waals surface area (Å²) < 4.78 is 27.4. The van der Waals surface area contributed by atoms with Crippen LogP contribution < -0.4 is 0 Å². The van der Waals surface area contributed by atoms with Crippen molar-refractivity contribution < 1.29 is 17.9 Å². The van der Waals surface area contributed by atoms with Crippen LogP contribution in [0.25, 0.3) is 0 Å². The molecule has 1 unspecified atom stereocenters. The Kier molecular flexibility index (Phi) is 6.49. The first-order valence-corrected chi connectivity index (χ1v) is 10.3. The number of carbonyl (C=O) groups is 1. The maximum Gasteiger partial charge on any atom is 0.232 e. The Morgan fingerprint density at radius 1 is 1.32 bits per heavy atom. The molecule has 2 aliphatic rings. The lowest BCUT2D eigenvalue weighted by molar-refractivity contribution is -0.130. The first kappa shape index (κ1) is 18.0. The summed E-state index contributed by atoms with van der Waals surface area (Å²) in [6.07, 6.45) is 3.25. The van der Waals surface area contributed by atoms with Crippen molar-refractivity contribution in [3.8, 4) is 0 Å². The molecular weight excluding hydrogens is 328 g/mol. The molecule has 1 atom stereocenters. The van der Waals surface area contributed by atoms with Crippen molar-refractivity contribution in [1.82, 2.24) is 9.80 Å². The Hall–Kier alpha value is -0.370. The molecule has 2 fully saturated rings. The Balaban J connectivity index is 1.78. The average Bonchev–Trinajstić information content (AvgIpc) is 2.78. The molecule has 22 heavy (non-hydrogen) atoms. The summed E-state index contributed by atoms with van der Waals surface area (Å²) in [4.78, 5) is 16.4. The standard InChI is InChI=1S/C14H25ClN2O4S/c1-21-8-2-5-16-6-3-13(4-7-16)17-10-12(9-14(17)18)11-22(15,19)20/h12-13H,2-11H2,1H3. The van der Waals surface area contributed by atoms with E-state index >= 15 is 0 Å². The number of hydrogen-bond acceptors (Lipinski definition) is 5. The predicted octanol–water partition coefficient (Wildman–Crippen LogP) is 0.904. The SMILES string of the molecule is COCCCN1CCC(N2CC(CS(=O)(=O)Cl)CC2=O)CC1. The average molecular weight is 353 g/mol. The molecule has 0 bridgehead atoms. The Bertz CT molecular complexity index is 477. The summed E-state index contributed by atoms with van der Waals surface area (Å²) in [5, 5.41) is 0. The van der Waals surface area contributed by atoms with Crippen LogP contribution in [0, 0.1) is 5.92 Å². The number of carbonyl (C=O) groups excluding carboxylic acids is 1. The van der Waals surface area contributed by atoms with Crippen molar-refractivity contribution >= 4 is 25.6 Å². The normalized spacial score (nSPS) is 25.1. The van der Waals surface area contributed by atoms with Crippen molar-refractivity contribution in [3.05, 3.63) is 0 Å². The number of hydrogen-bond donors (Lipinski definition) is 0. The van der Waals surface area contributed by atoms with E-state index in [9.17, 15) is 13.2 Å². The number of rotatable bonds is 7. The van der Waals surface area contributed by atoms with Gasteiger partial charge in [-0.1, -0.05) is 0 Å². The maximum atomic E-state index is 12.1. The number of amides is 1. The van der Waals surface area contributed by atoms with Crippen LogP contribution in [0.5, 0.6) is 0 Å². The fraction of sp³-hybridized carbons (Fsp3) is 0.929. The van der Waals surface area contributed by atoms with Gasteiger partial charge < -0.3 is 14.5 Å². The van der Waals surface area contributed by atoms with Gasteiger partial charge in [0.15, 0.2) is 0 Å². The van der Waals surface area contributed by atoms with Crippen LogP contribution in [0.4, 0.5) is 0 Å². The molecule has 1 amide bonds. The number of piperidine rings is 1. The molecule has 2 heterocycles. The molecule has 6 nitrogen and oxygen atoms in total. The Labute approximate surface area is 137 Å². The van der Waals surface area contributed by atoms with Gasteiger partial charge in [-0.25, -0.2) is 8.42 Å². The molecule has 2 saturated heterocycles. The van der Waals surface area contributed by atoms with Gasteiger partial charge in [0.25, 0.3) is 0 Å². The molecule has 2 rings (SSSR count). The molecular formula is C14H25ClN2O4S. The first-order valence-electron chi connectivity index (χ1n) is 7.82. The zero-order valence-corrected chi connectivity index (χ0v) is 14.6. The lowest BCUT2D eigenvalue weighted by atomic mass is 10.0. The van der Waals surface area contributed by atoms with Crippen molar-refractivity contribution in [3.63, 3.8) is 0 Å². The number of ether oxygens (including phenoxy) is 1. The molecule has 0 radical (unpaired) electrons. The monoisotopic (exact) mass is 352 g/mol. The second-order valence-corrected chi connectivity index (χ2v) is 9.06. The quantitative estimate of drug-likeness (QED) is 0.503. The zero-order chi connectivity index (χ0) is 16.2. The van der Waals surface area contributed by atoms with Crippen LogP contribution in [0.2, 0.25) is 0 Å². The maximum absolute atomic E-state index is 12.1. The van der Waals surface area contributed by atoms with Crippen molar-refractivity contribution in [1.29, 1.82) is 0 Å². The van der Waals surface area contributed by atoms with E-state index in [4.69, 9.17) is 15.4 Å². The van der Waals surface area contributed by atoms with E-state index in [1.165, 1.54) is 0 Å². The molecule has 128 valence electrons. The highest BCUT2D eigenvalue weighted by Gasteiger charge is 2.37. The van der Waals surface area contributed by atoms with Gasteiger partial charge in [0.1, 0.15) is 0 Å². The minimum atomic E-state index is -3.53. The summed E-state index contributed by atoms with van der Waals surface area (Å²) >= 11 is 0. The molecule has 0 aromatic rings. The summed E-state index contributed by atoms with van der Waals surface area (Å²) in [6, 6.07) is 0.245. The van der Waals surface area contributed by atoms with E-state index in [2.05, 4.69) is 4.90 Å². The summed E-state index contributed by atoms with van der Waals surface area (Å²) in [5.41, 5.74) is 0. The number of halogens is 1. The largest absolute Gasteiger partial charge is 0.385 e. The summed E-state index contributed by atoms with van der Waals surface area (Å²) in [6.45, 7) is 4.30. The molecule has 0 aromatic carbocycles. The lowest BCUT2D eigenvalue weighted by Crippen LogP contribution is -2.46. The molecule has 0 aliphatic carbocycles. The van der Waals surface area contributed by atoms with E-state index in [1.54, 1.807) is 7.11 Å². The third-order valence-electron chi connectivity index (χ3n) is 4.49. The van der Waals surface area contributed by atoms with Gasteiger partial charge >= 0.3 is 0 Å². The van der Waals surface area contributed by atoms with Gasteiger partial charge in [0.2, 0.25) is 15.0 Å². The smallest absolute Gasteiger partial charge is 0.232 e. The van der Waals surface area contributed by atoms with Crippen molar-refractivity contribution in [2.24, 2.45) is 5.92 Å². The third kappa shape index (κ3) is 5.37. The van der Waals surface area contributed by atoms with Crippen LogP contribution in [0.1, 0.15) is 25.7 Å². The highest BCUT2D eigenvalue weighted by atomic mass is 35.7. The lowest BCUT2D eigenvalue weighted by Gasteiger charge is -2.36. The third-order valence-corrected chi connectivity index (χ3v) is 5.74. The first-order chi connectivity index (χ1) is 10.4. The van der Waals surface area contributed by atoms with Crippen LogP contribution in [0.3, 0.4) is 0 Å². The van der Waals surface area contributed by atoms with Gasteiger partial charge in [-0.15, -0.1) is 0 Å². The van der Waals surface area contributed by atoms with Crippen molar-refractivity contribution in [2.75, 3.05) is 45.6 Å². The van der Waals surface area contributed by atoms with Crippen LogP contribution in [0.15, 0.2) is 0 Å². The highest BCUT2D eigenvalue weighted by Crippen LogP contribution is 2.27. The second kappa shape index (κ2) is 7.95. The van der Waals surface area contributed by atoms with E-state index in [0.717, 1.165) is 45.5 Å². The minimum Gasteiger partial charge on any atom is -0.385 e. The van der Waals surface area contributed by atoms with Gasteiger partial charge in [0.05, 0.1) is 5.75 Å². The van der Waals surface area contributed by atoms with Gasteiger partial charge in [-0.05, 0) is 19.3 Å². The summed E-state index contributed by atoms with van der Waals surface area (Å²) in [7, 11) is 3.48. The number of nitrogens with zero attached hydrogens (tertiary/aromatic N) is 2. The molecule has 0 aromatic heterocycles. The topological polar surface area (TPSA) is 66.9 Å². The fourth-order valence-corrected chi connectivity index (χ4v) is 4.76. The van der Waals surface area contributed by atoms with E-state index < -0.39 is 9.05 Å². The zero-order valence-electron chi connectivity index (χ0n) is 13.0. The van der Waals surface area contributed by atoms with Crippen LogP contribution in [-0.4, -0.2) is 75.8 Å². The predicted molar refractivity (Wildman–Crippen MR) is 85.4 cm³/mol. The Morgan fingerprint density at radius 2 is 2.00 bits per heavy atom. The molecule has 0 N–H and O–H groups in total. The van der Waals surface area contributed by atoms with Gasteiger partial charge in [-0.2, -0.15) is 0 Å².